The van der Waals surface area contributed by atoms with Crippen molar-refractivity contribution in [2.24, 2.45) is 0 Å². The van der Waals surface area contributed by atoms with Crippen molar-refractivity contribution in [3.05, 3.63) is 10.2 Å². The molecule has 0 aromatic heterocycles. The molecule has 0 aromatic carbocycles. The first-order valence-corrected chi connectivity index (χ1v) is 23.1. The number of hydrogen-bond donors (Lipinski definition) is 0. The van der Waals surface area contributed by atoms with E-state index in [1.165, 1.54) is 77.3 Å². The van der Waals surface area contributed by atoms with E-state index in [9.17, 15) is 0 Å². The fraction of sp³-hybridized carbons (Fsp3) is 0.917. The van der Waals surface area contributed by atoms with E-state index < -0.39 is 26.6 Å². The monoisotopic (exact) mass is 503 g/mol. The van der Waals surface area contributed by atoms with Crippen LogP contribution in [-0.4, -0.2) is 44.3 Å². The summed E-state index contributed by atoms with van der Waals surface area (Å²) in [6.07, 6.45) is 13.9. The minimum absolute atomic E-state index is 1.25. The summed E-state index contributed by atoms with van der Waals surface area (Å²) in [6, 6.07) is 0. The van der Waals surface area contributed by atoms with Crippen molar-refractivity contribution in [3.63, 3.8) is 0 Å². The number of rotatable bonds is 18. The van der Waals surface area contributed by atoms with Gasteiger partial charge < -0.3 is 0 Å². The molecule has 0 heterocycles. The van der Waals surface area contributed by atoms with E-state index in [1.54, 1.807) is 16.9 Å². The SMILES string of the molecule is C=[C](CN(CCCCCC)[Si](C)(C)C)[Sn]([CH2]CCC)([CH2]CCC)[CH2]CCC. The predicted octanol–water partition coefficient (Wildman–Crippen LogP) is 8.65. The maximum atomic E-state index is 4.86. The average molecular weight is 502 g/mol. The zero-order chi connectivity index (χ0) is 20.8. The number of unbranched alkanes of at least 4 members (excludes halogenated alkanes) is 6. The van der Waals surface area contributed by atoms with E-state index in [0.717, 1.165) is 0 Å². The minimum atomic E-state index is -2.27. The summed E-state index contributed by atoms with van der Waals surface area (Å²) in [4.78, 5) is 0. The molecule has 0 amide bonds. The number of hydrogen-bond acceptors (Lipinski definition) is 1. The van der Waals surface area contributed by atoms with Crippen LogP contribution in [0.25, 0.3) is 0 Å². The van der Waals surface area contributed by atoms with E-state index in [2.05, 4.69) is 51.9 Å². The Morgan fingerprint density at radius 2 is 1.15 bits per heavy atom. The van der Waals surface area contributed by atoms with Crippen molar-refractivity contribution in [3.8, 4) is 0 Å². The van der Waals surface area contributed by atoms with Gasteiger partial charge in [-0.05, 0) is 0 Å². The normalized spacial score (nSPS) is 12.7. The van der Waals surface area contributed by atoms with Gasteiger partial charge in [0.05, 0.1) is 0 Å². The predicted molar refractivity (Wildman–Crippen MR) is 133 cm³/mol. The molecular weight excluding hydrogens is 449 g/mol. The standard InChI is InChI=1S/C12H26NSi.3C4H9.Sn/c1-6-8-9-10-12-13(11-7-2)14(3,4)5;3*1-3-4-2;/h2,6,8-12H2,1,3-5H3;3*1,3-4H2,2H3;. The van der Waals surface area contributed by atoms with E-state index in [-0.39, 0.29) is 0 Å². The summed E-state index contributed by atoms with van der Waals surface area (Å²) in [5.74, 6) is 0. The molecular formula is C24H53NSiSn. The Morgan fingerprint density at radius 1 is 0.704 bits per heavy atom. The first-order valence-electron chi connectivity index (χ1n) is 12.2. The van der Waals surface area contributed by atoms with Gasteiger partial charge in [0.15, 0.2) is 0 Å². The molecule has 0 aromatic rings. The van der Waals surface area contributed by atoms with Crippen LogP contribution in [0.15, 0.2) is 10.2 Å². The second kappa shape index (κ2) is 15.5. The third kappa shape index (κ3) is 11.5. The van der Waals surface area contributed by atoms with Gasteiger partial charge in [0.2, 0.25) is 0 Å². The topological polar surface area (TPSA) is 3.24 Å². The zero-order valence-electron chi connectivity index (χ0n) is 20.3. The third-order valence-electron chi connectivity index (χ3n) is 6.39. The Bertz CT molecular complexity index is 353. The fourth-order valence-corrected chi connectivity index (χ4v) is 21.7. The summed E-state index contributed by atoms with van der Waals surface area (Å²) < 4.78 is 9.39. The van der Waals surface area contributed by atoms with E-state index in [1.807, 2.05) is 0 Å². The summed E-state index contributed by atoms with van der Waals surface area (Å²) in [5.41, 5.74) is 0. The van der Waals surface area contributed by atoms with Gasteiger partial charge in [0.25, 0.3) is 0 Å². The molecule has 1 nitrogen and oxygen atoms in total. The second-order valence-electron chi connectivity index (χ2n) is 9.85. The Labute approximate surface area is 178 Å². The van der Waals surface area contributed by atoms with Gasteiger partial charge in [0, 0.05) is 0 Å². The van der Waals surface area contributed by atoms with Crippen LogP contribution in [0.2, 0.25) is 33.0 Å². The van der Waals surface area contributed by atoms with Crippen molar-refractivity contribution in [1.82, 2.24) is 4.57 Å². The first-order chi connectivity index (χ1) is 12.8. The van der Waals surface area contributed by atoms with Gasteiger partial charge in [0.1, 0.15) is 0 Å². The molecule has 0 radical (unpaired) electrons. The van der Waals surface area contributed by atoms with Crippen LogP contribution in [0.3, 0.4) is 0 Å². The molecule has 0 atom stereocenters. The molecule has 0 N–H and O–H groups in total. The van der Waals surface area contributed by atoms with E-state index >= 15 is 0 Å². The van der Waals surface area contributed by atoms with Gasteiger partial charge in [-0.1, -0.05) is 0 Å². The maximum absolute atomic E-state index is 4.86. The molecule has 0 fully saturated rings. The molecule has 0 bridgehead atoms. The van der Waals surface area contributed by atoms with E-state index in [0.29, 0.717) is 0 Å². The summed E-state index contributed by atoms with van der Waals surface area (Å²) in [5, 5.41) is 0. The van der Waals surface area contributed by atoms with Gasteiger partial charge in [-0.3, -0.25) is 0 Å². The van der Waals surface area contributed by atoms with E-state index in [4.69, 9.17) is 6.58 Å². The molecule has 0 spiro atoms. The van der Waals surface area contributed by atoms with Crippen LogP contribution < -0.4 is 0 Å². The molecule has 0 saturated carbocycles. The first kappa shape index (κ1) is 27.7. The fourth-order valence-electron chi connectivity index (χ4n) is 4.23. The van der Waals surface area contributed by atoms with Gasteiger partial charge in [-0.25, -0.2) is 0 Å². The van der Waals surface area contributed by atoms with Crippen molar-refractivity contribution in [2.75, 3.05) is 13.1 Å². The summed E-state index contributed by atoms with van der Waals surface area (Å²) >= 11 is -2.27. The Morgan fingerprint density at radius 3 is 1.52 bits per heavy atom. The van der Waals surface area contributed by atoms with Crippen LogP contribution in [0.5, 0.6) is 0 Å². The molecule has 0 unspecified atom stereocenters. The van der Waals surface area contributed by atoms with Crippen LogP contribution in [0.4, 0.5) is 0 Å². The molecule has 0 saturated heterocycles. The molecule has 3 heteroatoms. The molecule has 27 heavy (non-hydrogen) atoms. The van der Waals surface area contributed by atoms with Gasteiger partial charge >= 0.3 is 179 Å². The third-order valence-corrected chi connectivity index (χ3v) is 24.6. The average Bonchev–Trinajstić information content (AvgIpc) is 2.62. The summed E-state index contributed by atoms with van der Waals surface area (Å²) in [7, 11) is -1.28. The molecule has 162 valence electrons. The second-order valence-corrected chi connectivity index (χ2v) is 28.4. The van der Waals surface area contributed by atoms with Crippen LogP contribution in [-0.2, 0) is 0 Å². The zero-order valence-corrected chi connectivity index (χ0v) is 24.1. The van der Waals surface area contributed by atoms with Crippen LogP contribution >= 0.6 is 0 Å². The van der Waals surface area contributed by atoms with Crippen molar-refractivity contribution < 1.29 is 0 Å². The number of nitrogens with zero attached hydrogens (tertiary/aromatic N) is 1. The van der Waals surface area contributed by atoms with Gasteiger partial charge in [-0.2, -0.15) is 0 Å². The molecule has 0 rings (SSSR count). The van der Waals surface area contributed by atoms with Gasteiger partial charge in [-0.15, -0.1) is 0 Å². The summed E-state index contributed by atoms with van der Waals surface area (Å²) in [6.45, 7) is 24.5. The Kier molecular flexibility index (Phi) is 16.0. The molecule has 0 aliphatic rings. The Hall–Kier alpha value is 0.716. The van der Waals surface area contributed by atoms with Crippen LogP contribution in [0, 0.1) is 0 Å². The van der Waals surface area contributed by atoms with Crippen molar-refractivity contribution in [2.45, 2.75) is 125 Å². The molecule has 0 aliphatic heterocycles. The van der Waals surface area contributed by atoms with Crippen molar-refractivity contribution in [1.29, 1.82) is 0 Å². The molecule has 0 aliphatic carbocycles. The van der Waals surface area contributed by atoms with Crippen molar-refractivity contribution >= 4 is 26.6 Å². The van der Waals surface area contributed by atoms with Crippen LogP contribution in [0.1, 0.15) is 91.9 Å². The quantitative estimate of drug-likeness (QED) is 0.134. The Balaban J connectivity index is 5.29.